The Morgan fingerprint density at radius 2 is 1.36 bits per heavy atom. The zero-order valence-corrected chi connectivity index (χ0v) is 25.0. The van der Waals surface area contributed by atoms with E-state index in [2.05, 4.69) is 83.4 Å². The van der Waals surface area contributed by atoms with Crippen molar-refractivity contribution in [1.82, 2.24) is 4.57 Å². The third-order valence-corrected chi connectivity index (χ3v) is 9.71. The van der Waals surface area contributed by atoms with Crippen LogP contribution in [0.4, 0.5) is 0 Å². The molecule has 214 valence electrons. The lowest BCUT2D eigenvalue weighted by Gasteiger charge is -2.10. The van der Waals surface area contributed by atoms with Gasteiger partial charge in [0, 0.05) is 42.6 Å². The molecule has 6 aromatic carbocycles. The minimum absolute atomic E-state index is 0.417. The van der Waals surface area contributed by atoms with E-state index in [0.29, 0.717) is 18.3 Å². The third-order valence-electron chi connectivity index (χ3n) is 8.51. The molecule has 0 spiro atoms. The van der Waals surface area contributed by atoms with E-state index >= 15 is 0 Å². The Balaban J connectivity index is 1.30. The van der Waals surface area contributed by atoms with E-state index in [-0.39, 0.29) is 0 Å². The first-order chi connectivity index (χ1) is 22.2. The first-order valence-electron chi connectivity index (χ1n) is 14.9. The first kappa shape index (κ1) is 25.7. The molecule has 5 nitrogen and oxygen atoms in total. The Hall–Kier alpha value is -5.72. The number of benzene rings is 6. The molecule has 0 amide bonds. The zero-order chi connectivity index (χ0) is 29.9. The van der Waals surface area contributed by atoms with Gasteiger partial charge in [0.05, 0.1) is 22.3 Å². The largest absolute Gasteiger partial charge is 0.456 e. The van der Waals surface area contributed by atoms with Gasteiger partial charge in [-0.1, -0.05) is 103 Å². The molecule has 0 saturated heterocycles. The van der Waals surface area contributed by atoms with Crippen LogP contribution in [0.5, 0.6) is 0 Å². The fourth-order valence-corrected chi connectivity index (χ4v) is 7.65. The average Bonchev–Trinajstić information content (AvgIpc) is 3.76. The fourth-order valence-electron chi connectivity index (χ4n) is 6.41. The van der Waals surface area contributed by atoms with Gasteiger partial charge in [0.15, 0.2) is 0 Å². The highest BCUT2D eigenvalue weighted by Crippen LogP contribution is 2.42. The van der Waals surface area contributed by atoms with Gasteiger partial charge in [0.1, 0.15) is 17.0 Å². The number of aromatic nitrogens is 1. The van der Waals surface area contributed by atoms with Crippen LogP contribution >= 0.6 is 11.3 Å². The van der Waals surface area contributed by atoms with Gasteiger partial charge >= 0.3 is 0 Å². The molecule has 0 aliphatic heterocycles. The number of nitrogens with two attached hydrogens (primary N) is 1. The highest BCUT2D eigenvalue weighted by molar-refractivity contribution is 7.26. The Labute approximate surface area is 262 Å². The molecule has 9 rings (SSSR count). The smallest absolute Gasteiger partial charge is 0.232 e. The minimum atomic E-state index is 0.417. The van der Waals surface area contributed by atoms with Crippen LogP contribution in [-0.4, -0.2) is 16.4 Å². The maximum atomic E-state index is 6.70. The molecule has 9 aromatic rings. The molecule has 0 aliphatic carbocycles. The number of para-hydroxylation sites is 2. The molecule has 0 saturated carbocycles. The summed E-state index contributed by atoms with van der Waals surface area (Å²) in [6.07, 6.45) is 0. The normalized spacial score (nSPS) is 12.9. The molecule has 45 heavy (non-hydrogen) atoms. The van der Waals surface area contributed by atoms with E-state index in [4.69, 9.17) is 20.1 Å². The lowest BCUT2D eigenvalue weighted by atomic mass is 10.1. The summed E-state index contributed by atoms with van der Waals surface area (Å²) >= 11 is 1.81. The van der Waals surface area contributed by atoms with E-state index in [1.807, 2.05) is 54.6 Å². The van der Waals surface area contributed by atoms with Gasteiger partial charge in [-0.05, 0) is 35.9 Å². The lowest BCUT2D eigenvalue weighted by molar-refractivity contribution is 0.669. The van der Waals surface area contributed by atoms with Crippen molar-refractivity contribution in [3.05, 3.63) is 145 Å². The molecule has 0 radical (unpaired) electrons. The SMILES string of the molecule is N/C(=N\C(=NCc1ccc2oc3ccccc3c2c1)n1c2ccccc2c2ccc3c4ccccc4sc3c21)c1ccccc1. The molecule has 3 aromatic heterocycles. The number of nitrogens with zero attached hydrogens (tertiary/aromatic N) is 3. The molecule has 0 aliphatic rings. The van der Waals surface area contributed by atoms with Crippen LogP contribution in [0.1, 0.15) is 11.1 Å². The monoisotopic (exact) mass is 598 g/mol. The standard InChI is InChI=1S/C39H26N4OS/c40-38(25-10-2-1-3-11-25)42-39(41-23-24-18-21-34-31(22-24)27-13-5-8-16-33(27)44-34)43-32-15-7-4-12-26(32)29-19-20-30-28-14-6-9-17-35(28)45-37(30)36(29)43/h1-22H,23H2,(H2,40,41,42). The number of aliphatic imine (C=N–C) groups is 2. The fraction of sp³-hybridized carbons (Fsp3) is 0.0256. The number of amidine groups is 1. The van der Waals surface area contributed by atoms with Gasteiger partial charge in [0.25, 0.3) is 0 Å². The molecule has 2 N–H and O–H groups in total. The molecule has 0 bridgehead atoms. The maximum absolute atomic E-state index is 6.70. The van der Waals surface area contributed by atoms with E-state index in [1.54, 1.807) is 11.3 Å². The number of thiophene rings is 1. The minimum Gasteiger partial charge on any atom is -0.456 e. The van der Waals surface area contributed by atoms with Gasteiger partial charge in [0.2, 0.25) is 5.96 Å². The Morgan fingerprint density at radius 3 is 2.24 bits per heavy atom. The van der Waals surface area contributed by atoms with Crippen molar-refractivity contribution < 1.29 is 4.42 Å². The van der Waals surface area contributed by atoms with Crippen LogP contribution in [-0.2, 0) is 6.54 Å². The summed E-state index contributed by atoms with van der Waals surface area (Å²) in [5, 5.41) is 6.97. The van der Waals surface area contributed by atoms with Crippen LogP contribution in [0.2, 0.25) is 0 Å². The topological polar surface area (TPSA) is 68.8 Å². The van der Waals surface area contributed by atoms with Crippen molar-refractivity contribution in [3.63, 3.8) is 0 Å². The molecular weight excluding hydrogens is 573 g/mol. The van der Waals surface area contributed by atoms with Gasteiger partial charge in [-0.2, -0.15) is 4.99 Å². The number of hydrogen-bond acceptors (Lipinski definition) is 3. The molecule has 6 heteroatoms. The highest BCUT2D eigenvalue weighted by atomic mass is 32.1. The van der Waals surface area contributed by atoms with Gasteiger partial charge < -0.3 is 10.2 Å². The quantitative estimate of drug-likeness (QED) is 0.162. The van der Waals surface area contributed by atoms with Crippen molar-refractivity contribution >= 4 is 87.0 Å². The number of furan rings is 1. The van der Waals surface area contributed by atoms with E-state index < -0.39 is 0 Å². The number of hydrogen-bond donors (Lipinski definition) is 1. The molecular formula is C39H26N4OS. The van der Waals surface area contributed by atoms with Crippen LogP contribution in [0.15, 0.2) is 148 Å². The van der Waals surface area contributed by atoms with Crippen molar-refractivity contribution in [2.24, 2.45) is 15.7 Å². The van der Waals surface area contributed by atoms with Crippen molar-refractivity contribution in [1.29, 1.82) is 0 Å². The van der Waals surface area contributed by atoms with Gasteiger partial charge in [-0.25, -0.2) is 4.99 Å². The summed E-state index contributed by atoms with van der Waals surface area (Å²) in [6.45, 7) is 0.423. The van der Waals surface area contributed by atoms with Crippen molar-refractivity contribution in [2.45, 2.75) is 6.54 Å². The molecule has 0 fully saturated rings. The second-order valence-corrected chi connectivity index (χ2v) is 12.2. The third kappa shape index (κ3) is 4.14. The highest BCUT2D eigenvalue weighted by Gasteiger charge is 2.20. The molecule has 0 atom stereocenters. The predicted molar refractivity (Wildman–Crippen MR) is 190 cm³/mol. The van der Waals surface area contributed by atoms with Crippen LogP contribution in [0.25, 0.3) is 63.9 Å². The molecule has 3 heterocycles. The molecule has 0 unspecified atom stereocenters. The van der Waals surface area contributed by atoms with Crippen LogP contribution < -0.4 is 5.73 Å². The summed E-state index contributed by atoms with van der Waals surface area (Å²) in [4.78, 5) is 10.3. The first-order valence-corrected chi connectivity index (χ1v) is 15.7. The average molecular weight is 599 g/mol. The zero-order valence-electron chi connectivity index (χ0n) is 24.1. The number of fused-ring (bicyclic) bond motifs is 10. The van der Waals surface area contributed by atoms with E-state index in [9.17, 15) is 0 Å². The van der Waals surface area contributed by atoms with Crippen LogP contribution in [0.3, 0.4) is 0 Å². The second kappa shape index (κ2) is 10.2. The maximum Gasteiger partial charge on any atom is 0.232 e. The predicted octanol–water partition coefficient (Wildman–Crippen LogP) is 9.87. The van der Waals surface area contributed by atoms with Crippen molar-refractivity contribution in [2.75, 3.05) is 0 Å². The van der Waals surface area contributed by atoms with Crippen LogP contribution in [0, 0.1) is 0 Å². The van der Waals surface area contributed by atoms with Crippen molar-refractivity contribution in [3.8, 4) is 0 Å². The summed E-state index contributed by atoms with van der Waals surface area (Å²) in [6, 6.07) is 45.8. The summed E-state index contributed by atoms with van der Waals surface area (Å²) in [5.41, 5.74) is 12.5. The Kier molecular flexibility index (Phi) is 5.83. The summed E-state index contributed by atoms with van der Waals surface area (Å²) < 4.78 is 10.7. The van der Waals surface area contributed by atoms with Gasteiger partial charge in [-0.3, -0.25) is 4.57 Å². The van der Waals surface area contributed by atoms with Gasteiger partial charge in [-0.15, -0.1) is 11.3 Å². The lowest BCUT2D eigenvalue weighted by Crippen LogP contribution is -2.19. The Bertz CT molecular complexity index is 2640. The van der Waals surface area contributed by atoms with E-state index in [0.717, 1.165) is 54.9 Å². The van der Waals surface area contributed by atoms with E-state index in [1.165, 1.54) is 20.2 Å². The summed E-state index contributed by atoms with van der Waals surface area (Å²) in [7, 11) is 0. The number of rotatable bonds is 3. The summed E-state index contributed by atoms with van der Waals surface area (Å²) in [5.74, 6) is 0.963. The Morgan fingerprint density at radius 1 is 0.644 bits per heavy atom. The second-order valence-electron chi connectivity index (χ2n) is 11.2.